The lowest BCUT2D eigenvalue weighted by molar-refractivity contribution is -0.127. The van der Waals surface area contributed by atoms with Crippen LogP contribution >= 0.6 is 0 Å². The van der Waals surface area contributed by atoms with Crippen LogP contribution in [0.5, 0.6) is 0 Å². The third-order valence-corrected chi connectivity index (χ3v) is 5.04. The summed E-state index contributed by atoms with van der Waals surface area (Å²) < 4.78 is 12.8. The fourth-order valence-corrected chi connectivity index (χ4v) is 3.18. The van der Waals surface area contributed by atoms with Crippen molar-refractivity contribution in [2.45, 2.75) is 58.5 Å². The minimum absolute atomic E-state index is 0.0575. The van der Waals surface area contributed by atoms with Crippen molar-refractivity contribution in [2.24, 2.45) is 11.8 Å². The third kappa shape index (κ3) is 5.62. The predicted octanol–water partition coefficient (Wildman–Crippen LogP) is 3.16. The lowest BCUT2D eigenvalue weighted by Crippen LogP contribution is -2.43. The van der Waals surface area contributed by atoms with E-state index in [-0.39, 0.29) is 36.5 Å². The zero-order valence-corrected chi connectivity index (χ0v) is 14.5. The molecule has 2 N–H and O–H groups in total. The molecule has 1 saturated carbocycles. The molecular formula is C19H27FN2O2. The molecule has 0 heterocycles. The SMILES string of the molecule is C[C@@H]1[C@H](C)CCC[C@@H]1NC(=O)CCC(=O)NCc1ccc(F)cc1. The van der Waals surface area contributed by atoms with E-state index >= 15 is 0 Å². The number of hydrogen-bond donors (Lipinski definition) is 2. The Morgan fingerprint density at radius 1 is 1.08 bits per heavy atom. The number of carbonyl (C=O) groups is 2. The van der Waals surface area contributed by atoms with E-state index in [0.29, 0.717) is 18.4 Å². The van der Waals surface area contributed by atoms with Crippen molar-refractivity contribution in [3.8, 4) is 0 Å². The standard InChI is InChI=1S/C19H27FN2O2/c1-13-4-3-5-17(14(13)2)22-19(24)11-10-18(23)21-12-15-6-8-16(20)9-7-15/h6-9,13-14,17H,3-5,10-12H2,1-2H3,(H,21,23)(H,22,24)/t13-,14-,17+/m1/s1. The van der Waals surface area contributed by atoms with E-state index in [1.807, 2.05) is 0 Å². The molecule has 24 heavy (non-hydrogen) atoms. The molecule has 4 nitrogen and oxygen atoms in total. The normalized spacial score (nSPS) is 23.5. The predicted molar refractivity (Wildman–Crippen MR) is 91.6 cm³/mol. The van der Waals surface area contributed by atoms with Crippen LogP contribution < -0.4 is 10.6 Å². The van der Waals surface area contributed by atoms with Crippen LogP contribution in [-0.2, 0) is 16.1 Å². The maximum Gasteiger partial charge on any atom is 0.220 e. The van der Waals surface area contributed by atoms with Crippen LogP contribution in [-0.4, -0.2) is 17.9 Å². The Hall–Kier alpha value is -1.91. The minimum atomic E-state index is -0.298. The largest absolute Gasteiger partial charge is 0.353 e. The zero-order chi connectivity index (χ0) is 17.5. The van der Waals surface area contributed by atoms with Gasteiger partial charge in [-0.15, -0.1) is 0 Å². The van der Waals surface area contributed by atoms with Gasteiger partial charge in [-0.05, 0) is 36.0 Å². The number of rotatable bonds is 6. The van der Waals surface area contributed by atoms with E-state index in [1.165, 1.54) is 18.6 Å². The van der Waals surface area contributed by atoms with Crippen molar-refractivity contribution in [3.63, 3.8) is 0 Å². The summed E-state index contributed by atoms with van der Waals surface area (Å²) >= 11 is 0. The quantitative estimate of drug-likeness (QED) is 0.839. The summed E-state index contributed by atoms with van der Waals surface area (Å²) in [5, 5.41) is 5.83. The highest BCUT2D eigenvalue weighted by atomic mass is 19.1. The van der Waals surface area contributed by atoms with E-state index < -0.39 is 0 Å². The van der Waals surface area contributed by atoms with Crippen LogP contribution in [0.15, 0.2) is 24.3 Å². The molecular weight excluding hydrogens is 307 g/mol. The summed E-state index contributed by atoms with van der Waals surface area (Å²) in [6.45, 7) is 4.76. The first-order valence-corrected chi connectivity index (χ1v) is 8.76. The Kier molecular flexibility index (Phi) is 6.76. The molecule has 1 aromatic rings. The molecule has 0 unspecified atom stereocenters. The summed E-state index contributed by atoms with van der Waals surface area (Å²) in [7, 11) is 0. The van der Waals surface area contributed by atoms with Crippen LogP contribution in [0.4, 0.5) is 4.39 Å². The molecule has 0 radical (unpaired) electrons. The van der Waals surface area contributed by atoms with Gasteiger partial charge in [-0.25, -0.2) is 4.39 Å². The molecule has 2 rings (SSSR count). The van der Waals surface area contributed by atoms with Gasteiger partial charge < -0.3 is 10.6 Å². The van der Waals surface area contributed by atoms with Crippen LogP contribution in [0.3, 0.4) is 0 Å². The first-order valence-electron chi connectivity index (χ1n) is 8.76. The summed E-state index contributed by atoms with van der Waals surface area (Å²) in [6, 6.07) is 6.22. The van der Waals surface area contributed by atoms with Gasteiger partial charge in [0.2, 0.25) is 11.8 Å². The van der Waals surface area contributed by atoms with Gasteiger partial charge in [0.1, 0.15) is 5.82 Å². The maximum atomic E-state index is 12.8. The van der Waals surface area contributed by atoms with E-state index in [0.717, 1.165) is 18.4 Å². The fraction of sp³-hybridized carbons (Fsp3) is 0.579. The smallest absolute Gasteiger partial charge is 0.220 e. The second kappa shape index (κ2) is 8.81. The van der Waals surface area contributed by atoms with Gasteiger partial charge in [-0.1, -0.05) is 38.8 Å². The summed E-state index contributed by atoms with van der Waals surface area (Å²) in [5.74, 6) is 0.587. The third-order valence-electron chi connectivity index (χ3n) is 5.04. The lowest BCUT2D eigenvalue weighted by atomic mass is 9.78. The van der Waals surface area contributed by atoms with Crippen molar-refractivity contribution in [2.75, 3.05) is 0 Å². The van der Waals surface area contributed by atoms with Gasteiger partial charge in [0.05, 0.1) is 0 Å². The van der Waals surface area contributed by atoms with Crippen LogP contribution in [0.25, 0.3) is 0 Å². The van der Waals surface area contributed by atoms with Crippen molar-refractivity contribution in [1.29, 1.82) is 0 Å². The topological polar surface area (TPSA) is 58.2 Å². The van der Waals surface area contributed by atoms with Gasteiger partial charge in [-0.3, -0.25) is 9.59 Å². The number of carbonyl (C=O) groups excluding carboxylic acids is 2. The van der Waals surface area contributed by atoms with Crippen LogP contribution in [0.1, 0.15) is 51.5 Å². The number of hydrogen-bond acceptors (Lipinski definition) is 2. The van der Waals surface area contributed by atoms with Gasteiger partial charge in [-0.2, -0.15) is 0 Å². The first kappa shape index (κ1) is 18.4. The molecule has 1 aromatic carbocycles. The Morgan fingerprint density at radius 2 is 1.75 bits per heavy atom. The van der Waals surface area contributed by atoms with E-state index in [9.17, 15) is 14.0 Å². The molecule has 1 aliphatic rings. The Morgan fingerprint density at radius 3 is 2.46 bits per heavy atom. The van der Waals surface area contributed by atoms with Crippen LogP contribution in [0.2, 0.25) is 0 Å². The van der Waals surface area contributed by atoms with E-state index in [1.54, 1.807) is 12.1 Å². The summed E-state index contributed by atoms with van der Waals surface area (Å²) in [4.78, 5) is 23.9. The average molecular weight is 334 g/mol. The molecule has 0 aliphatic heterocycles. The monoisotopic (exact) mass is 334 g/mol. The summed E-state index contributed by atoms with van der Waals surface area (Å²) in [6.07, 6.45) is 3.76. The van der Waals surface area contributed by atoms with E-state index in [2.05, 4.69) is 24.5 Å². The molecule has 132 valence electrons. The van der Waals surface area contributed by atoms with Crippen molar-refractivity contribution < 1.29 is 14.0 Å². The second-order valence-corrected chi connectivity index (χ2v) is 6.84. The molecule has 5 heteroatoms. The average Bonchev–Trinajstić information content (AvgIpc) is 2.56. The minimum Gasteiger partial charge on any atom is -0.353 e. The first-order chi connectivity index (χ1) is 11.5. The molecule has 1 fully saturated rings. The molecule has 1 aliphatic carbocycles. The highest BCUT2D eigenvalue weighted by molar-refractivity contribution is 5.83. The molecule has 3 atom stereocenters. The summed E-state index contributed by atoms with van der Waals surface area (Å²) in [5.41, 5.74) is 0.833. The fourth-order valence-electron chi connectivity index (χ4n) is 3.18. The molecule has 0 bridgehead atoms. The van der Waals surface area contributed by atoms with Gasteiger partial charge in [0.15, 0.2) is 0 Å². The highest BCUT2D eigenvalue weighted by Gasteiger charge is 2.28. The lowest BCUT2D eigenvalue weighted by Gasteiger charge is -2.34. The van der Waals surface area contributed by atoms with Crippen LogP contribution in [0, 0.1) is 17.7 Å². The Bertz CT molecular complexity index is 559. The number of halogens is 1. The van der Waals surface area contributed by atoms with Crippen molar-refractivity contribution in [3.05, 3.63) is 35.6 Å². The molecule has 0 spiro atoms. The molecule has 2 amide bonds. The molecule has 0 aromatic heterocycles. The number of amides is 2. The number of benzene rings is 1. The second-order valence-electron chi connectivity index (χ2n) is 6.84. The van der Waals surface area contributed by atoms with E-state index in [4.69, 9.17) is 0 Å². The Labute approximate surface area is 143 Å². The van der Waals surface area contributed by atoms with Crippen molar-refractivity contribution in [1.82, 2.24) is 10.6 Å². The van der Waals surface area contributed by atoms with Gasteiger partial charge in [0, 0.05) is 25.4 Å². The Balaban J connectivity index is 1.67. The number of nitrogens with one attached hydrogen (secondary N) is 2. The van der Waals surface area contributed by atoms with Crippen molar-refractivity contribution >= 4 is 11.8 Å². The zero-order valence-electron chi connectivity index (χ0n) is 14.5. The highest BCUT2D eigenvalue weighted by Crippen LogP contribution is 2.29. The molecule has 0 saturated heterocycles. The van der Waals surface area contributed by atoms with Gasteiger partial charge in [0.25, 0.3) is 0 Å². The van der Waals surface area contributed by atoms with Gasteiger partial charge >= 0.3 is 0 Å². The maximum absolute atomic E-state index is 12.8.